The summed E-state index contributed by atoms with van der Waals surface area (Å²) in [6, 6.07) is 9.48. The molecule has 108 valence electrons. The summed E-state index contributed by atoms with van der Waals surface area (Å²) in [5.74, 6) is -2.14. The Morgan fingerprint density at radius 3 is 2.29 bits per heavy atom. The van der Waals surface area contributed by atoms with E-state index < -0.39 is 17.6 Å². The van der Waals surface area contributed by atoms with Crippen LogP contribution in [0.4, 0.5) is 4.39 Å². The zero-order valence-corrected chi connectivity index (χ0v) is 11.3. The van der Waals surface area contributed by atoms with Gasteiger partial charge in [0.2, 0.25) is 0 Å². The van der Waals surface area contributed by atoms with E-state index in [4.69, 9.17) is 9.84 Å². The molecule has 0 aliphatic heterocycles. The topological polar surface area (TPSA) is 63.6 Å². The van der Waals surface area contributed by atoms with Gasteiger partial charge in [0.15, 0.2) is 5.78 Å². The average molecular weight is 288 g/mol. The smallest absolute Gasteiger partial charge is 0.335 e. The van der Waals surface area contributed by atoms with Gasteiger partial charge in [-0.15, -0.1) is 0 Å². The molecule has 0 aromatic heterocycles. The molecule has 2 aromatic rings. The van der Waals surface area contributed by atoms with Crippen LogP contribution in [0.3, 0.4) is 0 Å². The standard InChI is InChI=1S/C16H13FO4/c1-2-21-13-5-3-4-12(17)14(13)15(18)10-6-8-11(9-7-10)16(19)20/h3-9H,2H2,1H3,(H,19,20). The Hall–Kier alpha value is -2.69. The van der Waals surface area contributed by atoms with Crippen LogP contribution in [0.25, 0.3) is 0 Å². The molecule has 0 unspecified atom stereocenters. The van der Waals surface area contributed by atoms with Crippen LogP contribution in [0.5, 0.6) is 5.75 Å². The molecule has 0 amide bonds. The van der Waals surface area contributed by atoms with Crippen LogP contribution < -0.4 is 4.74 Å². The first kappa shape index (κ1) is 14.7. The van der Waals surface area contributed by atoms with Gasteiger partial charge in [-0.05, 0) is 31.2 Å². The van der Waals surface area contributed by atoms with Gasteiger partial charge < -0.3 is 9.84 Å². The summed E-state index contributed by atoms with van der Waals surface area (Å²) in [5, 5.41) is 8.82. The summed E-state index contributed by atoms with van der Waals surface area (Å²) in [7, 11) is 0. The Morgan fingerprint density at radius 2 is 1.71 bits per heavy atom. The molecule has 0 heterocycles. The number of hydrogen-bond donors (Lipinski definition) is 1. The number of ketones is 1. The maximum atomic E-state index is 13.9. The predicted molar refractivity (Wildman–Crippen MR) is 74.4 cm³/mol. The molecule has 0 saturated heterocycles. The number of halogens is 1. The van der Waals surface area contributed by atoms with Crippen LogP contribution in [0, 0.1) is 5.82 Å². The van der Waals surface area contributed by atoms with E-state index >= 15 is 0 Å². The monoisotopic (exact) mass is 288 g/mol. The van der Waals surface area contributed by atoms with Crippen molar-refractivity contribution in [2.24, 2.45) is 0 Å². The summed E-state index contributed by atoms with van der Waals surface area (Å²) in [6.07, 6.45) is 0. The minimum Gasteiger partial charge on any atom is -0.493 e. The number of benzene rings is 2. The minimum atomic E-state index is -1.09. The summed E-state index contributed by atoms with van der Waals surface area (Å²) in [4.78, 5) is 23.2. The van der Waals surface area contributed by atoms with Crippen molar-refractivity contribution in [1.29, 1.82) is 0 Å². The fourth-order valence-corrected chi connectivity index (χ4v) is 1.91. The predicted octanol–water partition coefficient (Wildman–Crippen LogP) is 3.15. The first-order valence-corrected chi connectivity index (χ1v) is 6.34. The van der Waals surface area contributed by atoms with Crippen molar-refractivity contribution >= 4 is 11.8 Å². The van der Waals surface area contributed by atoms with E-state index in [-0.39, 0.29) is 22.4 Å². The van der Waals surface area contributed by atoms with Gasteiger partial charge in [-0.3, -0.25) is 4.79 Å². The van der Waals surface area contributed by atoms with E-state index in [2.05, 4.69) is 0 Å². The molecule has 0 aliphatic rings. The Balaban J connectivity index is 2.42. The van der Waals surface area contributed by atoms with Crippen LogP contribution in [0.1, 0.15) is 33.2 Å². The van der Waals surface area contributed by atoms with E-state index in [1.807, 2.05) is 0 Å². The van der Waals surface area contributed by atoms with Gasteiger partial charge in [-0.25, -0.2) is 9.18 Å². The van der Waals surface area contributed by atoms with Crippen molar-refractivity contribution in [1.82, 2.24) is 0 Å². The maximum absolute atomic E-state index is 13.9. The number of carbonyl (C=O) groups is 2. The van der Waals surface area contributed by atoms with Gasteiger partial charge in [0.05, 0.1) is 12.2 Å². The van der Waals surface area contributed by atoms with Crippen LogP contribution in [0.2, 0.25) is 0 Å². The first-order valence-electron chi connectivity index (χ1n) is 6.34. The number of ether oxygens (including phenoxy) is 1. The molecule has 0 aliphatic carbocycles. The van der Waals surface area contributed by atoms with Gasteiger partial charge >= 0.3 is 5.97 Å². The number of carbonyl (C=O) groups excluding carboxylic acids is 1. The molecule has 0 bridgehead atoms. The van der Waals surface area contributed by atoms with Crippen LogP contribution in [-0.2, 0) is 0 Å². The van der Waals surface area contributed by atoms with Gasteiger partial charge in [-0.1, -0.05) is 18.2 Å². The van der Waals surface area contributed by atoms with Crippen molar-refractivity contribution in [2.45, 2.75) is 6.92 Å². The maximum Gasteiger partial charge on any atom is 0.335 e. The molecule has 2 aromatic carbocycles. The third-order valence-electron chi connectivity index (χ3n) is 2.90. The third-order valence-corrected chi connectivity index (χ3v) is 2.90. The van der Waals surface area contributed by atoms with Crippen molar-refractivity contribution in [3.05, 3.63) is 65.0 Å². The summed E-state index contributed by atoms with van der Waals surface area (Å²) in [6.45, 7) is 2.04. The summed E-state index contributed by atoms with van der Waals surface area (Å²) in [5.41, 5.74) is 0.110. The lowest BCUT2D eigenvalue weighted by molar-refractivity contribution is 0.0696. The average Bonchev–Trinajstić information content (AvgIpc) is 2.47. The zero-order valence-electron chi connectivity index (χ0n) is 11.3. The number of rotatable bonds is 5. The molecule has 0 saturated carbocycles. The molecule has 4 nitrogen and oxygen atoms in total. The number of aromatic carboxylic acids is 1. The quantitative estimate of drug-likeness (QED) is 0.858. The van der Waals surface area contributed by atoms with Crippen molar-refractivity contribution in [3.8, 4) is 5.75 Å². The molecular weight excluding hydrogens is 275 g/mol. The first-order chi connectivity index (χ1) is 10.0. The molecule has 0 radical (unpaired) electrons. The lowest BCUT2D eigenvalue weighted by Gasteiger charge is -2.10. The van der Waals surface area contributed by atoms with Gasteiger partial charge in [-0.2, -0.15) is 0 Å². The highest BCUT2D eigenvalue weighted by Crippen LogP contribution is 2.25. The fourth-order valence-electron chi connectivity index (χ4n) is 1.91. The minimum absolute atomic E-state index is 0.0603. The highest BCUT2D eigenvalue weighted by molar-refractivity contribution is 6.11. The normalized spacial score (nSPS) is 10.2. The Bertz CT molecular complexity index is 677. The molecule has 0 atom stereocenters. The molecule has 0 fully saturated rings. The SMILES string of the molecule is CCOc1cccc(F)c1C(=O)c1ccc(C(=O)O)cc1. The number of carboxylic acid groups (broad SMARTS) is 1. The Kier molecular flexibility index (Phi) is 4.33. The van der Waals surface area contributed by atoms with Gasteiger partial charge in [0.25, 0.3) is 0 Å². The molecule has 5 heteroatoms. The van der Waals surface area contributed by atoms with Crippen LogP contribution >= 0.6 is 0 Å². The molecule has 1 N–H and O–H groups in total. The van der Waals surface area contributed by atoms with E-state index in [9.17, 15) is 14.0 Å². The van der Waals surface area contributed by atoms with E-state index in [1.165, 1.54) is 42.5 Å². The highest BCUT2D eigenvalue weighted by Gasteiger charge is 2.19. The van der Waals surface area contributed by atoms with Gasteiger partial charge in [0.1, 0.15) is 17.1 Å². The Labute approximate surface area is 120 Å². The number of hydrogen-bond acceptors (Lipinski definition) is 3. The molecular formula is C16H13FO4. The summed E-state index contributed by atoms with van der Waals surface area (Å²) < 4.78 is 19.2. The van der Waals surface area contributed by atoms with Crippen LogP contribution in [0.15, 0.2) is 42.5 Å². The van der Waals surface area contributed by atoms with E-state index in [0.717, 1.165) is 0 Å². The van der Waals surface area contributed by atoms with Gasteiger partial charge in [0, 0.05) is 5.56 Å². The Morgan fingerprint density at radius 1 is 1.10 bits per heavy atom. The van der Waals surface area contributed by atoms with Crippen molar-refractivity contribution < 1.29 is 23.8 Å². The van der Waals surface area contributed by atoms with E-state index in [1.54, 1.807) is 6.92 Å². The second-order valence-electron chi connectivity index (χ2n) is 4.26. The third kappa shape index (κ3) is 3.08. The van der Waals surface area contributed by atoms with Crippen molar-refractivity contribution in [2.75, 3.05) is 6.61 Å². The van der Waals surface area contributed by atoms with E-state index in [0.29, 0.717) is 6.61 Å². The van der Waals surface area contributed by atoms with Crippen molar-refractivity contribution in [3.63, 3.8) is 0 Å². The largest absolute Gasteiger partial charge is 0.493 e. The van der Waals surface area contributed by atoms with Crippen LogP contribution in [-0.4, -0.2) is 23.5 Å². The highest BCUT2D eigenvalue weighted by atomic mass is 19.1. The lowest BCUT2D eigenvalue weighted by Crippen LogP contribution is -2.08. The summed E-state index contributed by atoms with van der Waals surface area (Å²) >= 11 is 0. The number of carboxylic acids is 1. The molecule has 21 heavy (non-hydrogen) atoms. The zero-order chi connectivity index (χ0) is 15.4. The second-order valence-corrected chi connectivity index (χ2v) is 4.26. The lowest BCUT2D eigenvalue weighted by atomic mass is 10.0. The second kappa shape index (κ2) is 6.17. The molecule has 2 rings (SSSR count). The molecule has 0 spiro atoms. The fraction of sp³-hybridized carbons (Fsp3) is 0.125.